The van der Waals surface area contributed by atoms with Gasteiger partial charge in [-0.05, 0) is 42.0 Å². The van der Waals surface area contributed by atoms with Gasteiger partial charge in [0.25, 0.3) is 0 Å². The smallest absolute Gasteiger partial charge is 0.224 e. The number of hydrogen-bond acceptors (Lipinski definition) is 3. The highest BCUT2D eigenvalue weighted by molar-refractivity contribution is 7.13. The van der Waals surface area contributed by atoms with Gasteiger partial charge in [-0.15, -0.1) is 11.3 Å². The number of rotatable bonds is 6. The summed E-state index contributed by atoms with van der Waals surface area (Å²) >= 11 is 7.34. The topological polar surface area (TPSA) is 42.0 Å². The second kappa shape index (κ2) is 8.23. The maximum atomic E-state index is 13.0. The van der Waals surface area contributed by atoms with Crippen LogP contribution in [0, 0.1) is 5.82 Å². The first-order valence-corrected chi connectivity index (χ1v) is 9.07. The molecule has 6 heteroatoms. The molecule has 3 rings (SSSR count). The van der Waals surface area contributed by atoms with Crippen LogP contribution in [0.2, 0.25) is 5.02 Å². The van der Waals surface area contributed by atoms with Crippen molar-refractivity contribution in [2.45, 2.75) is 12.8 Å². The largest absolute Gasteiger partial charge is 0.355 e. The van der Waals surface area contributed by atoms with Gasteiger partial charge in [-0.3, -0.25) is 4.79 Å². The Morgan fingerprint density at radius 1 is 1.12 bits per heavy atom. The molecular weight excluding hydrogens is 359 g/mol. The van der Waals surface area contributed by atoms with Crippen molar-refractivity contribution < 1.29 is 9.18 Å². The van der Waals surface area contributed by atoms with E-state index in [1.165, 1.54) is 23.5 Å². The van der Waals surface area contributed by atoms with E-state index >= 15 is 0 Å². The maximum absolute atomic E-state index is 13.0. The Balaban J connectivity index is 1.48. The lowest BCUT2D eigenvalue weighted by Crippen LogP contribution is -2.27. The molecule has 1 heterocycles. The molecule has 0 atom stereocenters. The number of hydrogen-bond donors (Lipinski definition) is 1. The minimum absolute atomic E-state index is 0.0312. The number of carbonyl (C=O) groups is 1. The van der Waals surface area contributed by atoms with Crippen LogP contribution in [0.1, 0.15) is 11.3 Å². The Morgan fingerprint density at radius 2 is 1.84 bits per heavy atom. The molecule has 128 valence electrons. The molecule has 3 aromatic rings. The number of nitrogens with one attached hydrogen (secondary N) is 1. The standard InChI is InChI=1S/C19H16ClFN2OS/c20-15-5-1-13(2-6-15)11-18(24)22-10-9-17-12-25-19(23-17)14-3-7-16(21)8-4-14/h1-8,12H,9-11H2,(H,22,24). The van der Waals surface area contributed by atoms with Crippen molar-refractivity contribution in [2.24, 2.45) is 0 Å². The van der Waals surface area contributed by atoms with Crippen molar-refractivity contribution >= 4 is 28.8 Å². The minimum atomic E-state index is -0.260. The number of carbonyl (C=O) groups excluding carboxylic acids is 1. The van der Waals surface area contributed by atoms with E-state index in [4.69, 9.17) is 11.6 Å². The van der Waals surface area contributed by atoms with Gasteiger partial charge in [-0.1, -0.05) is 23.7 Å². The molecular formula is C19H16ClFN2OS. The lowest BCUT2D eigenvalue weighted by molar-refractivity contribution is -0.120. The maximum Gasteiger partial charge on any atom is 0.224 e. The molecule has 1 amide bonds. The minimum Gasteiger partial charge on any atom is -0.355 e. The van der Waals surface area contributed by atoms with Gasteiger partial charge >= 0.3 is 0 Å². The SMILES string of the molecule is O=C(Cc1ccc(Cl)cc1)NCCc1csc(-c2ccc(F)cc2)n1. The molecule has 0 radical (unpaired) electrons. The molecule has 0 aliphatic rings. The van der Waals surface area contributed by atoms with Crippen LogP contribution in [-0.4, -0.2) is 17.4 Å². The first-order chi connectivity index (χ1) is 12.1. The van der Waals surface area contributed by atoms with E-state index in [9.17, 15) is 9.18 Å². The quantitative estimate of drug-likeness (QED) is 0.690. The van der Waals surface area contributed by atoms with Crippen molar-refractivity contribution in [3.05, 3.63) is 76.0 Å². The average molecular weight is 375 g/mol. The Hall–Kier alpha value is -2.24. The number of amides is 1. The third kappa shape index (κ3) is 5.11. The fraction of sp³-hybridized carbons (Fsp3) is 0.158. The summed E-state index contributed by atoms with van der Waals surface area (Å²) in [5, 5.41) is 6.36. The van der Waals surface area contributed by atoms with E-state index in [2.05, 4.69) is 10.3 Å². The molecule has 0 spiro atoms. The molecule has 1 aromatic heterocycles. The Labute approximate surface area is 154 Å². The summed E-state index contributed by atoms with van der Waals surface area (Å²) in [6, 6.07) is 13.5. The second-order valence-corrected chi connectivity index (χ2v) is 6.85. The van der Waals surface area contributed by atoms with Gasteiger partial charge in [0, 0.05) is 28.9 Å². The molecule has 0 fully saturated rings. The van der Waals surface area contributed by atoms with Crippen molar-refractivity contribution in [3.8, 4) is 10.6 Å². The third-order valence-corrected chi connectivity index (χ3v) is 4.82. The molecule has 3 nitrogen and oxygen atoms in total. The lowest BCUT2D eigenvalue weighted by Gasteiger charge is -2.04. The second-order valence-electron chi connectivity index (χ2n) is 5.55. The molecule has 0 unspecified atom stereocenters. The summed E-state index contributed by atoms with van der Waals surface area (Å²) < 4.78 is 13.0. The van der Waals surface area contributed by atoms with Crippen LogP contribution in [0.25, 0.3) is 10.6 Å². The molecule has 25 heavy (non-hydrogen) atoms. The van der Waals surface area contributed by atoms with Crippen molar-refractivity contribution in [2.75, 3.05) is 6.54 Å². The highest BCUT2D eigenvalue weighted by Gasteiger charge is 2.07. The molecule has 0 aliphatic heterocycles. The molecule has 0 saturated heterocycles. The van der Waals surface area contributed by atoms with E-state index < -0.39 is 0 Å². The van der Waals surface area contributed by atoms with Gasteiger partial charge in [0.05, 0.1) is 12.1 Å². The first-order valence-electron chi connectivity index (χ1n) is 7.81. The molecule has 0 aliphatic carbocycles. The van der Waals surface area contributed by atoms with E-state index in [-0.39, 0.29) is 11.7 Å². The van der Waals surface area contributed by atoms with Gasteiger partial charge in [-0.2, -0.15) is 0 Å². The Morgan fingerprint density at radius 3 is 2.56 bits per heavy atom. The van der Waals surface area contributed by atoms with Crippen LogP contribution < -0.4 is 5.32 Å². The zero-order valence-electron chi connectivity index (χ0n) is 13.3. The number of nitrogens with zero attached hydrogens (tertiary/aromatic N) is 1. The van der Waals surface area contributed by atoms with E-state index in [1.54, 1.807) is 24.3 Å². The van der Waals surface area contributed by atoms with Crippen molar-refractivity contribution in [1.29, 1.82) is 0 Å². The molecule has 1 N–H and O–H groups in total. The van der Waals surface area contributed by atoms with Gasteiger partial charge in [0.15, 0.2) is 0 Å². The summed E-state index contributed by atoms with van der Waals surface area (Å²) in [6.07, 6.45) is 0.985. The average Bonchev–Trinajstić information content (AvgIpc) is 3.06. The lowest BCUT2D eigenvalue weighted by atomic mass is 10.1. The van der Waals surface area contributed by atoms with Gasteiger partial charge in [-0.25, -0.2) is 9.37 Å². The van der Waals surface area contributed by atoms with Crippen molar-refractivity contribution in [1.82, 2.24) is 10.3 Å². The summed E-state index contributed by atoms with van der Waals surface area (Å²) in [5.74, 6) is -0.291. The zero-order valence-corrected chi connectivity index (χ0v) is 14.9. The predicted molar refractivity (Wildman–Crippen MR) is 99.4 cm³/mol. The van der Waals surface area contributed by atoms with Gasteiger partial charge < -0.3 is 5.32 Å². The van der Waals surface area contributed by atoms with Crippen LogP contribution >= 0.6 is 22.9 Å². The molecule has 0 saturated carbocycles. The van der Waals surface area contributed by atoms with Gasteiger partial charge in [0.1, 0.15) is 10.8 Å². The third-order valence-electron chi connectivity index (χ3n) is 3.62. The van der Waals surface area contributed by atoms with E-state index in [0.29, 0.717) is 24.4 Å². The summed E-state index contributed by atoms with van der Waals surface area (Å²) in [6.45, 7) is 0.527. The van der Waals surface area contributed by atoms with Crippen LogP contribution in [0.15, 0.2) is 53.9 Å². The summed E-state index contributed by atoms with van der Waals surface area (Å²) in [4.78, 5) is 16.5. The Bertz CT molecular complexity index is 847. The highest BCUT2D eigenvalue weighted by Crippen LogP contribution is 2.23. The normalized spacial score (nSPS) is 10.6. The highest BCUT2D eigenvalue weighted by atomic mass is 35.5. The monoisotopic (exact) mass is 374 g/mol. The fourth-order valence-corrected chi connectivity index (χ4v) is 3.31. The van der Waals surface area contributed by atoms with E-state index in [0.717, 1.165) is 21.8 Å². The summed E-state index contributed by atoms with van der Waals surface area (Å²) in [7, 11) is 0. The predicted octanol–water partition coefficient (Wildman–Crippen LogP) is 4.50. The number of halogens is 2. The van der Waals surface area contributed by atoms with E-state index in [1.807, 2.05) is 17.5 Å². The Kier molecular flexibility index (Phi) is 5.79. The van der Waals surface area contributed by atoms with Crippen LogP contribution in [-0.2, 0) is 17.6 Å². The number of thiazole rings is 1. The first kappa shape index (κ1) is 17.6. The zero-order chi connectivity index (χ0) is 17.6. The van der Waals surface area contributed by atoms with Crippen LogP contribution in [0.4, 0.5) is 4.39 Å². The number of benzene rings is 2. The fourth-order valence-electron chi connectivity index (χ4n) is 2.33. The molecule has 0 bridgehead atoms. The molecule has 2 aromatic carbocycles. The number of aromatic nitrogens is 1. The van der Waals surface area contributed by atoms with Gasteiger partial charge in [0.2, 0.25) is 5.91 Å². The van der Waals surface area contributed by atoms with Crippen LogP contribution in [0.3, 0.4) is 0 Å². The summed E-state index contributed by atoms with van der Waals surface area (Å²) in [5.41, 5.74) is 2.73. The van der Waals surface area contributed by atoms with Crippen molar-refractivity contribution in [3.63, 3.8) is 0 Å². The van der Waals surface area contributed by atoms with Crippen LogP contribution in [0.5, 0.6) is 0 Å².